The lowest BCUT2D eigenvalue weighted by molar-refractivity contribution is 0.0946. The molecule has 1 amide bonds. The van der Waals surface area contributed by atoms with Gasteiger partial charge in [0.15, 0.2) is 11.5 Å². The molecule has 0 aromatic heterocycles. The Hall–Kier alpha value is -2.77. The second kappa shape index (κ2) is 11.7. The van der Waals surface area contributed by atoms with Crippen molar-refractivity contribution in [3.05, 3.63) is 52.6 Å². The minimum Gasteiger partial charge on any atom is -0.493 e. The number of hydrogen-bond acceptors (Lipinski definition) is 6. The van der Waals surface area contributed by atoms with Crippen LogP contribution in [0.5, 0.6) is 17.2 Å². The lowest BCUT2D eigenvalue weighted by Crippen LogP contribution is -2.32. The van der Waals surface area contributed by atoms with E-state index in [1.54, 1.807) is 20.3 Å². The molecule has 0 atom stereocenters. The van der Waals surface area contributed by atoms with Crippen molar-refractivity contribution in [3.8, 4) is 17.2 Å². The van der Waals surface area contributed by atoms with Crippen LogP contribution >= 0.6 is 0 Å². The van der Waals surface area contributed by atoms with Gasteiger partial charge in [-0.15, -0.1) is 0 Å². The highest BCUT2D eigenvalue weighted by Crippen LogP contribution is 2.33. The molecule has 174 valence electrons. The van der Waals surface area contributed by atoms with Crippen molar-refractivity contribution < 1.29 is 24.1 Å². The van der Waals surface area contributed by atoms with Gasteiger partial charge in [-0.1, -0.05) is 11.6 Å². The zero-order valence-electron chi connectivity index (χ0n) is 19.3. The Bertz CT molecular complexity index is 915. The summed E-state index contributed by atoms with van der Waals surface area (Å²) in [4.78, 5) is 15.1. The number of unbranched alkanes of at least 4 members (excludes halogenated alkanes) is 1. The van der Waals surface area contributed by atoms with E-state index in [4.69, 9.17) is 19.3 Å². The summed E-state index contributed by atoms with van der Waals surface area (Å²) in [6.45, 7) is 5.54. The van der Waals surface area contributed by atoms with Gasteiger partial charge in [0.1, 0.15) is 12.4 Å². The number of ether oxygens (including phenoxy) is 3. The largest absolute Gasteiger partial charge is 0.493 e. The number of methoxy groups -OCH3 is 2. The molecular formula is C25H34N2O5. The van der Waals surface area contributed by atoms with Crippen LogP contribution in [0.1, 0.15) is 39.9 Å². The fourth-order valence-electron chi connectivity index (χ4n) is 3.99. The lowest BCUT2D eigenvalue weighted by atomic mass is 9.98. The van der Waals surface area contributed by atoms with E-state index < -0.39 is 0 Å². The summed E-state index contributed by atoms with van der Waals surface area (Å²) in [5.41, 5.74) is 4.11. The van der Waals surface area contributed by atoms with Crippen molar-refractivity contribution in [1.29, 1.82) is 0 Å². The third kappa shape index (κ3) is 6.14. The molecule has 7 heteroatoms. The number of fused-ring (bicyclic) bond motifs is 1. The molecule has 0 aliphatic carbocycles. The number of nitrogens with zero attached hydrogens (tertiary/aromatic N) is 1. The van der Waals surface area contributed by atoms with Crippen molar-refractivity contribution in [2.45, 2.75) is 32.7 Å². The minimum absolute atomic E-state index is 0.0871. The van der Waals surface area contributed by atoms with Crippen LogP contribution in [0.4, 0.5) is 0 Å². The SMILES string of the molecule is COc1cc2c(cc1OC)CN(CCCCNC(=O)c1cc(C)ccc1OCCO)CC2. The maximum absolute atomic E-state index is 12.6. The quantitative estimate of drug-likeness (QED) is 0.521. The van der Waals surface area contributed by atoms with Gasteiger partial charge in [-0.2, -0.15) is 0 Å². The van der Waals surface area contributed by atoms with Gasteiger partial charge in [-0.25, -0.2) is 0 Å². The fourth-order valence-corrected chi connectivity index (χ4v) is 3.99. The number of amides is 1. The number of hydrogen-bond donors (Lipinski definition) is 2. The third-order valence-electron chi connectivity index (χ3n) is 5.71. The van der Waals surface area contributed by atoms with Crippen LogP contribution in [0.3, 0.4) is 0 Å². The third-order valence-corrected chi connectivity index (χ3v) is 5.71. The predicted molar refractivity (Wildman–Crippen MR) is 124 cm³/mol. The van der Waals surface area contributed by atoms with Gasteiger partial charge in [0.05, 0.1) is 26.4 Å². The normalized spacial score (nSPS) is 13.4. The monoisotopic (exact) mass is 442 g/mol. The zero-order valence-corrected chi connectivity index (χ0v) is 19.3. The summed E-state index contributed by atoms with van der Waals surface area (Å²) < 4.78 is 16.3. The van der Waals surface area contributed by atoms with E-state index in [-0.39, 0.29) is 19.1 Å². The summed E-state index contributed by atoms with van der Waals surface area (Å²) in [5, 5.41) is 12.0. The molecule has 1 aliphatic heterocycles. The molecule has 2 aromatic carbocycles. The Kier molecular flexibility index (Phi) is 8.76. The van der Waals surface area contributed by atoms with Gasteiger partial charge >= 0.3 is 0 Å². The average Bonchev–Trinajstić information content (AvgIpc) is 2.81. The van der Waals surface area contributed by atoms with Crippen molar-refractivity contribution in [3.63, 3.8) is 0 Å². The molecule has 1 heterocycles. The summed E-state index contributed by atoms with van der Waals surface area (Å²) in [6, 6.07) is 9.66. The summed E-state index contributed by atoms with van der Waals surface area (Å²) in [5.74, 6) is 1.92. The Morgan fingerprint density at radius 2 is 1.81 bits per heavy atom. The Labute approximate surface area is 190 Å². The first-order chi connectivity index (χ1) is 15.5. The summed E-state index contributed by atoms with van der Waals surface area (Å²) in [7, 11) is 3.33. The summed E-state index contributed by atoms with van der Waals surface area (Å²) in [6.07, 6.45) is 2.90. The first-order valence-corrected chi connectivity index (χ1v) is 11.1. The first kappa shape index (κ1) is 23.9. The van der Waals surface area contributed by atoms with E-state index in [1.807, 2.05) is 19.1 Å². The zero-order chi connectivity index (χ0) is 22.9. The van der Waals surface area contributed by atoms with Crippen molar-refractivity contribution in [1.82, 2.24) is 10.2 Å². The van der Waals surface area contributed by atoms with Crippen molar-refractivity contribution in [2.75, 3.05) is 47.1 Å². The fraction of sp³-hybridized carbons (Fsp3) is 0.480. The van der Waals surface area contributed by atoms with Crippen LogP contribution in [0, 0.1) is 6.92 Å². The van der Waals surface area contributed by atoms with Gasteiger partial charge in [-0.05, 0) is 68.1 Å². The van der Waals surface area contributed by atoms with Gasteiger partial charge in [0.2, 0.25) is 0 Å². The molecule has 0 saturated heterocycles. The Balaban J connectivity index is 1.45. The number of nitrogens with one attached hydrogen (secondary N) is 1. The van der Waals surface area contributed by atoms with Crippen LogP contribution < -0.4 is 19.5 Å². The number of aliphatic hydroxyl groups is 1. The van der Waals surface area contributed by atoms with Crippen LogP contribution in [0.15, 0.2) is 30.3 Å². The molecule has 0 saturated carbocycles. The van der Waals surface area contributed by atoms with E-state index in [9.17, 15) is 4.79 Å². The molecule has 0 fully saturated rings. The first-order valence-electron chi connectivity index (χ1n) is 11.1. The molecule has 0 radical (unpaired) electrons. The van der Waals surface area contributed by atoms with Crippen LogP contribution in [-0.2, 0) is 13.0 Å². The van der Waals surface area contributed by atoms with Gasteiger partial charge in [0, 0.05) is 19.6 Å². The van der Waals surface area contributed by atoms with Gasteiger partial charge < -0.3 is 24.6 Å². The topological polar surface area (TPSA) is 80.3 Å². The molecule has 0 bridgehead atoms. The van der Waals surface area contributed by atoms with Crippen molar-refractivity contribution >= 4 is 5.91 Å². The van der Waals surface area contributed by atoms with E-state index in [0.717, 1.165) is 56.0 Å². The van der Waals surface area contributed by atoms with Gasteiger partial charge in [-0.3, -0.25) is 9.69 Å². The predicted octanol–water partition coefficient (Wildman–Crippen LogP) is 2.95. The molecule has 0 spiro atoms. The summed E-state index contributed by atoms with van der Waals surface area (Å²) >= 11 is 0. The second-order valence-corrected chi connectivity index (χ2v) is 8.04. The second-order valence-electron chi connectivity index (χ2n) is 8.04. The Morgan fingerprint density at radius 3 is 2.53 bits per heavy atom. The maximum atomic E-state index is 12.6. The molecule has 7 nitrogen and oxygen atoms in total. The minimum atomic E-state index is -0.144. The number of carbonyl (C=O) groups excluding carboxylic acids is 1. The number of rotatable bonds is 11. The smallest absolute Gasteiger partial charge is 0.255 e. The van der Waals surface area contributed by atoms with E-state index in [2.05, 4.69) is 22.3 Å². The molecule has 2 N–H and O–H groups in total. The van der Waals surface area contributed by atoms with Crippen LogP contribution in [-0.4, -0.2) is 63.0 Å². The van der Waals surface area contributed by atoms with Gasteiger partial charge in [0.25, 0.3) is 5.91 Å². The molecule has 1 aliphatic rings. The molecule has 0 unspecified atom stereocenters. The highest BCUT2D eigenvalue weighted by Gasteiger charge is 2.19. The van der Waals surface area contributed by atoms with Crippen LogP contribution in [0.25, 0.3) is 0 Å². The van der Waals surface area contributed by atoms with E-state index in [0.29, 0.717) is 17.9 Å². The van der Waals surface area contributed by atoms with E-state index in [1.165, 1.54) is 11.1 Å². The van der Waals surface area contributed by atoms with Crippen LogP contribution in [0.2, 0.25) is 0 Å². The Morgan fingerprint density at radius 1 is 1.06 bits per heavy atom. The molecule has 2 aromatic rings. The lowest BCUT2D eigenvalue weighted by Gasteiger charge is -2.29. The molecule has 32 heavy (non-hydrogen) atoms. The highest BCUT2D eigenvalue weighted by atomic mass is 16.5. The number of carbonyl (C=O) groups is 1. The number of aryl methyl sites for hydroxylation is 1. The molecule has 3 rings (SSSR count). The van der Waals surface area contributed by atoms with E-state index >= 15 is 0 Å². The maximum Gasteiger partial charge on any atom is 0.255 e. The average molecular weight is 443 g/mol. The highest BCUT2D eigenvalue weighted by molar-refractivity contribution is 5.97. The van der Waals surface area contributed by atoms with Crippen molar-refractivity contribution in [2.24, 2.45) is 0 Å². The standard InChI is InChI=1S/C25H34N2O5/c1-18-6-7-22(32-13-12-28)21(14-18)25(29)26-9-4-5-10-27-11-8-19-15-23(30-2)24(31-3)16-20(19)17-27/h6-7,14-16,28H,4-5,8-13,17H2,1-3H3,(H,26,29). The number of aliphatic hydroxyl groups excluding tert-OH is 1. The number of benzene rings is 2. The molecular weight excluding hydrogens is 408 g/mol.